The van der Waals surface area contributed by atoms with Gasteiger partial charge >= 0.3 is 0 Å². The van der Waals surface area contributed by atoms with Gasteiger partial charge in [0.25, 0.3) is 0 Å². The van der Waals surface area contributed by atoms with Crippen molar-refractivity contribution in [3.8, 4) is 5.75 Å². The summed E-state index contributed by atoms with van der Waals surface area (Å²) < 4.78 is 5.32. The standard InChI is InChI=1S/C23H25ClN4O2/c1-30-20-9-5-2-6-15(20)12-22(29)25-14-21-27-19-11-10-16(24)13-18(19)23(28-21)26-17-7-3-4-8-17/h2,5-6,9-11,13,17H,3-4,7-8,12,14H2,1H3,(H,25,29)(H,26,27,28). The topological polar surface area (TPSA) is 76.1 Å². The molecule has 4 rings (SSSR count). The first-order valence-electron chi connectivity index (χ1n) is 10.2. The van der Waals surface area contributed by atoms with Gasteiger partial charge in [0.1, 0.15) is 11.6 Å². The summed E-state index contributed by atoms with van der Waals surface area (Å²) in [6.45, 7) is 0.256. The molecule has 3 aromatic rings. The van der Waals surface area contributed by atoms with Gasteiger partial charge in [0.15, 0.2) is 5.82 Å². The molecule has 0 bridgehead atoms. The van der Waals surface area contributed by atoms with E-state index in [1.807, 2.05) is 42.5 Å². The average Bonchev–Trinajstić information content (AvgIpc) is 3.26. The van der Waals surface area contributed by atoms with Crippen molar-refractivity contribution >= 4 is 34.2 Å². The number of halogens is 1. The van der Waals surface area contributed by atoms with E-state index < -0.39 is 0 Å². The third-order valence-electron chi connectivity index (χ3n) is 5.39. The zero-order valence-electron chi connectivity index (χ0n) is 17.0. The van der Waals surface area contributed by atoms with Crippen molar-refractivity contribution in [2.75, 3.05) is 12.4 Å². The van der Waals surface area contributed by atoms with E-state index in [2.05, 4.69) is 15.6 Å². The maximum absolute atomic E-state index is 12.5. The Balaban J connectivity index is 1.50. The van der Waals surface area contributed by atoms with Crippen molar-refractivity contribution in [2.24, 2.45) is 0 Å². The molecule has 7 heteroatoms. The van der Waals surface area contributed by atoms with Crippen LogP contribution < -0.4 is 15.4 Å². The van der Waals surface area contributed by atoms with Crippen LogP contribution in [0.3, 0.4) is 0 Å². The Morgan fingerprint density at radius 2 is 1.97 bits per heavy atom. The van der Waals surface area contributed by atoms with Crippen LogP contribution in [0.15, 0.2) is 42.5 Å². The second kappa shape index (κ2) is 9.30. The summed E-state index contributed by atoms with van der Waals surface area (Å²) in [4.78, 5) is 21.8. The molecule has 0 unspecified atom stereocenters. The number of hydrogen-bond acceptors (Lipinski definition) is 5. The van der Waals surface area contributed by atoms with Crippen molar-refractivity contribution in [3.05, 3.63) is 58.9 Å². The van der Waals surface area contributed by atoms with E-state index in [9.17, 15) is 4.79 Å². The molecule has 1 saturated carbocycles. The first-order valence-corrected chi connectivity index (χ1v) is 10.6. The molecule has 30 heavy (non-hydrogen) atoms. The van der Waals surface area contributed by atoms with Gasteiger partial charge in [-0.25, -0.2) is 9.97 Å². The highest BCUT2D eigenvalue weighted by atomic mass is 35.5. The molecule has 2 N–H and O–H groups in total. The number of para-hydroxylation sites is 1. The highest BCUT2D eigenvalue weighted by molar-refractivity contribution is 6.31. The number of carbonyl (C=O) groups excluding carboxylic acids is 1. The number of methoxy groups -OCH3 is 1. The van der Waals surface area contributed by atoms with Gasteiger partial charge in [0.2, 0.25) is 5.91 Å². The zero-order chi connectivity index (χ0) is 20.9. The summed E-state index contributed by atoms with van der Waals surface area (Å²) in [6, 6.07) is 13.5. The van der Waals surface area contributed by atoms with Crippen LogP contribution in [0.5, 0.6) is 5.75 Å². The Morgan fingerprint density at radius 3 is 2.77 bits per heavy atom. The third-order valence-corrected chi connectivity index (χ3v) is 5.62. The number of ether oxygens (including phenoxy) is 1. The first kappa shape index (κ1) is 20.4. The van der Waals surface area contributed by atoms with Crippen LogP contribution in [0.1, 0.15) is 37.1 Å². The summed E-state index contributed by atoms with van der Waals surface area (Å²) in [6.07, 6.45) is 4.97. The minimum Gasteiger partial charge on any atom is -0.496 e. The average molecular weight is 425 g/mol. The Morgan fingerprint density at radius 1 is 1.17 bits per heavy atom. The van der Waals surface area contributed by atoms with Gasteiger partial charge in [0, 0.05) is 22.0 Å². The van der Waals surface area contributed by atoms with Gasteiger partial charge < -0.3 is 15.4 Å². The highest BCUT2D eigenvalue weighted by Crippen LogP contribution is 2.28. The molecule has 1 aromatic heterocycles. The van der Waals surface area contributed by atoms with E-state index in [-0.39, 0.29) is 18.9 Å². The van der Waals surface area contributed by atoms with Crippen LogP contribution in [0.4, 0.5) is 5.82 Å². The smallest absolute Gasteiger partial charge is 0.224 e. The summed E-state index contributed by atoms with van der Waals surface area (Å²) in [7, 11) is 1.60. The Hall–Kier alpha value is -2.86. The molecule has 0 atom stereocenters. The predicted octanol–water partition coefficient (Wildman–Crippen LogP) is 4.51. The minimum absolute atomic E-state index is 0.107. The minimum atomic E-state index is -0.107. The molecule has 1 aliphatic carbocycles. The largest absolute Gasteiger partial charge is 0.496 e. The molecule has 1 fully saturated rings. The predicted molar refractivity (Wildman–Crippen MR) is 119 cm³/mol. The van der Waals surface area contributed by atoms with Crippen molar-refractivity contribution in [1.82, 2.24) is 15.3 Å². The summed E-state index contributed by atoms with van der Waals surface area (Å²) in [5.74, 6) is 1.95. The zero-order valence-corrected chi connectivity index (χ0v) is 17.7. The first-order chi connectivity index (χ1) is 14.6. The molecular weight excluding hydrogens is 400 g/mol. The SMILES string of the molecule is COc1ccccc1CC(=O)NCc1nc(NC2CCCC2)c2cc(Cl)ccc2n1. The molecule has 0 spiro atoms. The number of nitrogens with one attached hydrogen (secondary N) is 2. The van der Waals surface area contributed by atoms with Gasteiger partial charge in [-0.3, -0.25) is 4.79 Å². The quantitative estimate of drug-likeness (QED) is 0.583. The fourth-order valence-corrected chi connectivity index (χ4v) is 4.04. The molecule has 1 amide bonds. The van der Waals surface area contributed by atoms with E-state index in [0.717, 1.165) is 35.1 Å². The normalized spacial score (nSPS) is 14.1. The number of rotatable bonds is 7. The van der Waals surface area contributed by atoms with Gasteiger partial charge in [-0.05, 0) is 37.1 Å². The Labute approximate surface area is 181 Å². The molecular formula is C23H25ClN4O2. The summed E-state index contributed by atoms with van der Waals surface area (Å²) in [5, 5.41) is 8.03. The fourth-order valence-electron chi connectivity index (χ4n) is 3.86. The van der Waals surface area contributed by atoms with Gasteiger partial charge in [-0.2, -0.15) is 0 Å². The van der Waals surface area contributed by atoms with E-state index in [1.165, 1.54) is 12.8 Å². The lowest BCUT2D eigenvalue weighted by atomic mass is 10.1. The number of benzene rings is 2. The third kappa shape index (κ3) is 4.82. The number of hydrogen-bond donors (Lipinski definition) is 2. The van der Waals surface area contributed by atoms with Crippen molar-refractivity contribution in [2.45, 2.75) is 44.7 Å². The maximum atomic E-state index is 12.5. The van der Waals surface area contributed by atoms with Crippen LogP contribution in [0.25, 0.3) is 10.9 Å². The van der Waals surface area contributed by atoms with Crippen molar-refractivity contribution < 1.29 is 9.53 Å². The Bertz CT molecular complexity index is 1050. The van der Waals surface area contributed by atoms with Gasteiger partial charge in [-0.1, -0.05) is 42.6 Å². The maximum Gasteiger partial charge on any atom is 0.224 e. The van der Waals surface area contributed by atoms with E-state index >= 15 is 0 Å². The number of amides is 1. The highest BCUT2D eigenvalue weighted by Gasteiger charge is 2.18. The lowest BCUT2D eigenvalue weighted by Crippen LogP contribution is -2.26. The summed E-state index contributed by atoms with van der Waals surface area (Å²) >= 11 is 6.20. The van der Waals surface area contributed by atoms with Crippen molar-refractivity contribution in [3.63, 3.8) is 0 Å². The summed E-state index contributed by atoms with van der Waals surface area (Å²) in [5.41, 5.74) is 1.65. The fraction of sp³-hybridized carbons (Fsp3) is 0.348. The molecule has 0 radical (unpaired) electrons. The second-order valence-electron chi connectivity index (χ2n) is 7.54. The molecule has 6 nitrogen and oxygen atoms in total. The number of aromatic nitrogens is 2. The van der Waals surface area contributed by atoms with E-state index in [1.54, 1.807) is 7.11 Å². The van der Waals surface area contributed by atoms with E-state index in [0.29, 0.717) is 22.6 Å². The Kier molecular flexibility index (Phi) is 6.33. The van der Waals surface area contributed by atoms with Crippen LogP contribution >= 0.6 is 11.6 Å². The van der Waals surface area contributed by atoms with Crippen LogP contribution in [0, 0.1) is 0 Å². The molecule has 156 valence electrons. The number of carbonyl (C=O) groups is 1. The van der Waals surface area contributed by atoms with Crippen LogP contribution in [-0.4, -0.2) is 29.0 Å². The molecule has 0 saturated heterocycles. The molecule has 0 aliphatic heterocycles. The molecule has 1 heterocycles. The number of fused-ring (bicyclic) bond motifs is 1. The lowest BCUT2D eigenvalue weighted by Gasteiger charge is -2.16. The second-order valence-corrected chi connectivity index (χ2v) is 7.98. The van der Waals surface area contributed by atoms with E-state index in [4.69, 9.17) is 21.3 Å². The van der Waals surface area contributed by atoms with Crippen LogP contribution in [0.2, 0.25) is 5.02 Å². The number of anilines is 1. The van der Waals surface area contributed by atoms with Gasteiger partial charge in [-0.15, -0.1) is 0 Å². The van der Waals surface area contributed by atoms with Crippen molar-refractivity contribution in [1.29, 1.82) is 0 Å². The van der Waals surface area contributed by atoms with Gasteiger partial charge in [0.05, 0.1) is 25.6 Å². The molecule has 2 aromatic carbocycles. The number of nitrogens with zero attached hydrogens (tertiary/aromatic N) is 2. The lowest BCUT2D eigenvalue weighted by molar-refractivity contribution is -0.120. The molecule has 1 aliphatic rings. The van der Waals surface area contributed by atoms with Crippen LogP contribution in [-0.2, 0) is 17.8 Å². The monoisotopic (exact) mass is 424 g/mol.